The predicted octanol–water partition coefficient (Wildman–Crippen LogP) is 4.37. The van der Waals surface area contributed by atoms with Gasteiger partial charge in [0.05, 0.1) is 11.1 Å². The minimum absolute atomic E-state index is 0.0807. The van der Waals surface area contributed by atoms with Gasteiger partial charge in [-0.05, 0) is 48.0 Å². The summed E-state index contributed by atoms with van der Waals surface area (Å²) in [6.45, 7) is 0.303. The standard InChI is InChI=1S/C20H16ClFN2O3S/c21-20-7-2-1-5-16(20)14-27-18-6-3-4-15(12-18)13-23-24-28(25,26)19-10-8-17(22)9-11-19/h1-13,24H,14H2/b23-13-. The predicted molar refractivity (Wildman–Crippen MR) is 107 cm³/mol. The molecule has 0 heterocycles. The summed E-state index contributed by atoms with van der Waals surface area (Å²) in [6, 6.07) is 18.8. The van der Waals surface area contributed by atoms with Gasteiger partial charge in [-0.25, -0.2) is 9.22 Å². The molecule has 0 saturated carbocycles. The van der Waals surface area contributed by atoms with E-state index in [0.717, 1.165) is 29.8 Å². The average molecular weight is 419 g/mol. The number of nitrogens with one attached hydrogen (secondary N) is 1. The summed E-state index contributed by atoms with van der Waals surface area (Å²) in [4.78, 5) is 2.01. The van der Waals surface area contributed by atoms with Crippen molar-refractivity contribution in [2.75, 3.05) is 0 Å². The van der Waals surface area contributed by atoms with E-state index < -0.39 is 15.8 Å². The number of benzene rings is 3. The SMILES string of the molecule is O=S(=O)(N/N=C\c1cccc(OCc2ccccc2Cl)c1)c1ccc(F)cc1. The van der Waals surface area contributed by atoms with Gasteiger partial charge in [-0.3, -0.25) is 0 Å². The van der Waals surface area contributed by atoms with E-state index in [2.05, 4.69) is 9.93 Å². The number of ether oxygens (including phenoxy) is 1. The summed E-state index contributed by atoms with van der Waals surface area (Å²) >= 11 is 6.11. The van der Waals surface area contributed by atoms with E-state index in [9.17, 15) is 12.8 Å². The van der Waals surface area contributed by atoms with Gasteiger partial charge in [-0.2, -0.15) is 13.5 Å². The molecule has 3 rings (SSSR count). The van der Waals surface area contributed by atoms with Gasteiger partial charge >= 0.3 is 0 Å². The summed E-state index contributed by atoms with van der Waals surface area (Å²) in [5, 5.41) is 4.37. The Kier molecular flexibility index (Phi) is 6.28. The summed E-state index contributed by atoms with van der Waals surface area (Å²) in [6.07, 6.45) is 1.35. The lowest BCUT2D eigenvalue weighted by molar-refractivity contribution is 0.306. The largest absolute Gasteiger partial charge is 0.489 e. The maximum Gasteiger partial charge on any atom is 0.276 e. The van der Waals surface area contributed by atoms with Gasteiger partial charge in [0.2, 0.25) is 0 Å². The average Bonchev–Trinajstić information content (AvgIpc) is 2.68. The third-order valence-corrected chi connectivity index (χ3v) is 5.33. The Balaban J connectivity index is 1.64. The minimum Gasteiger partial charge on any atom is -0.489 e. The van der Waals surface area contributed by atoms with Gasteiger partial charge in [0.1, 0.15) is 18.2 Å². The zero-order valence-corrected chi connectivity index (χ0v) is 16.1. The van der Waals surface area contributed by atoms with Crippen molar-refractivity contribution in [3.8, 4) is 5.75 Å². The first kappa shape index (κ1) is 19.9. The van der Waals surface area contributed by atoms with Crippen LogP contribution in [0.15, 0.2) is 82.8 Å². The number of sulfonamides is 1. The van der Waals surface area contributed by atoms with E-state index in [1.807, 2.05) is 18.2 Å². The number of rotatable bonds is 7. The Morgan fingerprint density at radius 2 is 1.79 bits per heavy atom. The van der Waals surface area contributed by atoms with E-state index in [0.29, 0.717) is 22.9 Å². The molecule has 144 valence electrons. The van der Waals surface area contributed by atoms with Crippen LogP contribution in [0.5, 0.6) is 5.75 Å². The Morgan fingerprint density at radius 1 is 1.04 bits per heavy atom. The summed E-state index contributed by atoms with van der Waals surface area (Å²) in [5.74, 6) is 0.0707. The van der Waals surface area contributed by atoms with Gasteiger partial charge in [0, 0.05) is 10.6 Å². The fraction of sp³-hybridized carbons (Fsp3) is 0.0500. The summed E-state index contributed by atoms with van der Waals surface area (Å²) < 4.78 is 42.9. The molecule has 3 aromatic rings. The first-order valence-electron chi connectivity index (χ1n) is 8.21. The van der Waals surface area contributed by atoms with E-state index >= 15 is 0 Å². The van der Waals surface area contributed by atoms with Crippen molar-refractivity contribution in [1.82, 2.24) is 4.83 Å². The van der Waals surface area contributed by atoms with E-state index in [-0.39, 0.29) is 4.90 Å². The molecule has 0 atom stereocenters. The molecule has 0 aliphatic heterocycles. The number of halogens is 2. The molecular weight excluding hydrogens is 403 g/mol. The molecule has 1 N–H and O–H groups in total. The molecule has 0 saturated heterocycles. The molecule has 28 heavy (non-hydrogen) atoms. The number of hydrogen-bond donors (Lipinski definition) is 1. The van der Waals surface area contributed by atoms with E-state index in [1.165, 1.54) is 6.21 Å². The maximum atomic E-state index is 12.9. The normalized spacial score (nSPS) is 11.5. The molecule has 0 radical (unpaired) electrons. The molecule has 0 spiro atoms. The third kappa shape index (κ3) is 5.31. The molecule has 0 aromatic heterocycles. The fourth-order valence-corrected chi connectivity index (χ4v) is 3.28. The quantitative estimate of drug-likeness (QED) is 0.457. The van der Waals surface area contributed by atoms with E-state index in [4.69, 9.17) is 16.3 Å². The zero-order chi connectivity index (χ0) is 20.0. The second kappa shape index (κ2) is 8.86. The smallest absolute Gasteiger partial charge is 0.276 e. The van der Waals surface area contributed by atoms with Crippen molar-refractivity contribution >= 4 is 27.8 Å². The summed E-state index contributed by atoms with van der Waals surface area (Å²) in [5.41, 5.74) is 1.49. The third-order valence-electron chi connectivity index (χ3n) is 3.72. The van der Waals surface area contributed by atoms with Crippen LogP contribution >= 0.6 is 11.6 Å². The lowest BCUT2D eigenvalue weighted by atomic mass is 10.2. The van der Waals surface area contributed by atoms with Crippen LogP contribution in [0.2, 0.25) is 5.02 Å². The van der Waals surface area contributed by atoms with Gasteiger partial charge in [0.15, 0.2) is 0 Å². The highest BCUT2D eigenvalue weighted by molar-refractivity contribution is 7.89. The highest BCUT2D eigenvalue weighted by atomic mass is 35.5. The Labute approximate surface area is 167 Å². The minimum atomic E-state index is -3.87. The first-order chi connectivity index (χ1) is 13.4. The van der Waals surface area contributed by atoms with Crippen molar-refractivity contribution < 1.29 is 17.5 Å². The molecule has 0 bridgehead atoms. The molecule has 0 unspecified atom stereocenters. The molecule has 0 aliphatic rings. The molecule has 0 aliphatic carbocycles. The molecule has 0 fully saturated rings. The first-order valence-corrected chi connectivity index (χ1v) is 10.1. The lowest BCUT2D eigenvalue weighted by Crippen LogP contribution is -2.18. The highest BCUT2D eigenvalue weighted by Gasteiger charge is 2.12. The van der Waals surface area contributed by atoms with Crippen molar-refractivity contribution in [2.45, 2.75) is 11.5 Å². The second-order valence-electron chi connectivity index (χ2n) is 5.76. The van der Waals surface area contributed by atoms with Crippen LogP contribution in [-0.2, 0) is 16.6 Å². The van der Waals surface area contributed by atoms with Crippen LogP contribution in [0.3, 0.4) is 0 Å². The van der Waals surface area contributed by atoms with Crippen molar-refractivity contribution in [2.24, 2.45) is 5.10 Å². The van der Waals surface area contributed by atoms with Crippen LogP contribution in [0.25, 0.3) is 0 Å². The second-order valence-corrected chi connectivity index (χ2v) is 7.83. The van der Waals surface area contributed by atoms with Crippen LogP contribution in [0, 0.1) is 5.82 Å². The molecular formula is C20H16ClFN2O3S. The molecule has 3 aromatic carbocycles. The van der Waals surface area contributed by atoms with Gasteiger partial charge in [0.25, 0.3) is 10.0 Å². The maximum absolute atomic E-state index is 12.9. The van der Waals surface area contributed by atoms with Gasteiger partial charge in [-0.15, -0.1) is 0 Å². The monoisotopic (exact) mass is 418 g/mol. The summed E-state index contributed by atoms with van der Waals surface area (Å²) in [7, 11) is -3.87. The number of hydrogen-bond acceptors (Lipinski definition) is 4. The Hall–Kier alpha value is -2.90. The molecule has 8 heteroatoms. The van der Waals surface area contributed by atoms with E-state index in [1.54, 1.807) is 30.3 Å². The Morgan fingerprint density at radius 3 is 2.54 bits per heavy atom. The van der Waals surface area contributed by atoms with Gasteiger partial charge < -0.3 is 4.74 Å². The fourth-order valence-electron chi connectivity index (χ4n) is 2.30. The van der Waals surface area contributed by atoms with Crippen molar-refractivity contribution in [1.29, 1.82) is 0 Å². The molecule has 5 nitrogen and oxygen atoms in total. The lowest BCUT2D eigenvalue weighted by Gasteiger charge is -2.08. The zero-order valence-electron chi connectivity index (χ0n) is 14.5. The van der Waals surface area contributed by atoms with Gasteiger partial charge in [-0.1, -0.05) is 41.9 Å². The van der Waals surface area contributed by atoms with Crippen molar-refractivity contribution in [3.63, 3.8) is 0 Å². The van der Waals surface area contributed by atoms with Crippen LogP contribution < -0.4 is 9.57 Å². The van der Waals surface area contributed by atoms with Crippen molar-refractivity contribution in [3.05, 3.63) is 94.8 Å². The number of nitrogens with zero attached hydrogens (tertiary/aromatic N) is 1. The topological polar surface area (TPSA) is 67.8 Å². The highest BCUT2D eigenvalue weighted by Crippen LogP contribution is 2.19. The van der Waals surface area contributed by atoms with Crippen LogP contribution in [0.1, 0.15) is 11.1 Å². The Bertz CT molecular complexity index is 1090. The van der Waals surface area contributed by atoms with Crippen LogP contribution in [0.4, 0.5) is 4.39 Å². The molecule has 0 amide bonds. The number of hydrazone groups is 1. The van der Waals surface area contributed by atoms with Crippen LogP contribution in [-0.4, -0.2) is 14.6 Å².